The third-order valence-electron chi connectivity index (χ3n) is 6.17. The number of nitrogens with zero attached hydrogens (tertiary/aromatic N) is 4. The molecule has 1 amide bonds. The van der Waals surface area contributed by atoms with Gasteiger partial charge in [0.05, 0.1) is 17.8 Å². The lowest BCUT2D eigenvalue weighted by atomic mass is 9.94. The standard InChI is InChI=1S/C22H29FN4O/c1-16-9-12-25(24-16)13-10-21(28)26-11-5-8-19-20(26)15-22(2,3)27(19)18-7-4-6-17(23)14-18/h4,6-7,9,12,14,19-20H,5,8,10-11,13,15H2,1-3H3/t19-,20-/m0/s1. The van der Waals surface area contributed by atoms with Crippen LogP contribution in [0.25, 0.3) is 0 Å². The van der Waals surface area contributed by atoms with Crippen LogP contribution in [0.3, 0.4) is 0 Å². The fourth-order valence-corrected chi connectivity index (χ4v) is 5.06. The number of piperidine rings is 1. The summed E-state index contributed by atoms with van der Waals surface area (Å²) >= 11 is 0. The Morgan fingerprint density at radius 3 is 2.82 bits per heavy atom. The van der Waals surface area contributed by atoms with Crippen LogP contribution in [0.5, 0.6) is 0 Å². The van der Waals surface area contributed by atoms with E-state index >= 15 is 0 Å². The number of anilines is 1. The molecule has 0 bridgehead atoms. The molecule has 1 aromatic heterocycles. The molecule has 0 saturated carbocycles. The van der Waals surface area contributed by atoms with E-state index in [1.54, 1.807) is 12.1 Å². The highest BCUT2D eigenvalue weighted by molar-refractivity contribution is 5.77. The number of benzene rings is 1. The highest BCUT2D eigenvalue weighted by Gasteiger charge is 2.50. The van der Waals surface area contributed by atoms with Gasteiger partial charge >= 0.3 is 0 Å². The van der Waals surface area contributed by atoms with E-state index in [0.717, 1.165) is 37.2 Å². The molecule has 0 unspecified atom stereocenters. The summed E-state index contributed by atoms with van der Waals surface area (Å²) in [6, 6.07) is 9.22. The third-order valence-corrected chi connectivity index (χ3v) is 6.17. The van der Waals surface area contributed by atoms with E-state index in [1.165, 1.54) is 6.07 Å². The molecule has 1 aromatic carbocycles. The lowest BCUT2D eigenvalue weighted by Crippen LogP contribution is -2.53. The van der Waals surface area contributed by atoms with Gasteiger partial charge in [-0.2, -0.15) is 5.10 Å². The van der Waals surface area contributed by atoms with Crippen LogP contribution in [0.1, 0.15) is 45.2 Å². The van der Waals surface area contributed by atoms with Gasteiger partial charge in [-0.1, -0.05) is 6.07 Å². The second kappa shape index (κ2) is 7.22. The molecule has 2 fully saturated rings. The normalized spacial score (nSPS) is 23.7. The Bertz CT molecular complexity index is 862. The first-order chi connectivity index (χ1) is 13.3. The largest absolute Gasteiger partial charge is 0.361 e. The van der Waals surface area contributed by atoms with E-state index in [4.69, 9.17) is 0 Å². The molecule has 3 heterocycles. The van der Waals surface area contributed by atoms with Crippen molar-refractivity contribution in [2.24, 2.45) is 0 Å². The minimum atomic E-state index is -0.213. The predicted octanol–water partition coefficient (Wildman–Crippen LogP) is 3.77. The van der Waals surface area contributed by atoms with Crippen LogP contribution in [-0.4, -0.2) is 44.8 Å². The van der Waals surface area contributed by atoms with Gasteiger partial charge in [0.2, 0.25) is 5.91 Å². The zero-order valence-corrected chi connectivity index (χ0v) is 16.9. The van der Waals surface area contributed by atoms with Crippen LogP contribution in [-0.2, 0) is 11.3 Å². The van der Waals surface area contributed by atoms with Gasteiger partial charge in [-0.3, -0.25) is 9.48 Å². The van der Waals surface area contributed by atoms with Crippen molar-refractivity contribution in [2.75, 3.05) is 11.4 Å². The first-order valence-electron chi connectivity index (χ1n) is 10.2. The van der Waals surface area contributed by atoms with Gasteiger partial charge in [-0.15, -0.1) is 0 Å². The molecule has 0 aliphatic carbocycles. The van der Waals surface area contributed by atoms with Crippen molar-refractivity contribution in [1.29, 1.82) is 0 Å². The Labute approximate surface area is 166 Å². The topological polar surface area (TPSA) is 41.4 Å². The van der Waals surface area contributed by atoms with E-state index < -0.39 is 0 Å². The maximum absolute atomic E-state index is 13.9. The van der Waals surface area contributed by atoms with Gasteiger partial charge in [0.1, 0.15) is 5.82 Å². The highest BCUT2D eigenvalue weighted by atomic mass is 19.1. The number of halogens is 1. The molecular formula is C22H29FN4O. The number of fused-ring (bicyclic) bond motifs is 1. The van der Waals surface area contributed by atoms with Gasteiger partial charge in [0.15, 0.2) is 0 Å². The zero-order chi connectivity index (χ0) is 19.9. The number of carbonyl (C=O) groups is 1. The van der Waals surface area contributed by atoms with E-state index in [0.29, 0.717) is 13.0 Å². The van der Waals surface area contributed by atoms with E-state index in [-0.39, 0.29) is 29.3 Å². The summed E-state index contributed by atoms with van der Waals surface area (Å²) in [5.41, 5.74) is 1.76. The van der Waals surface area contributed by atoms with Crippen molar-refractivity contribution in [3.8, 4) is 0 Å². The summed E-state index contributed by atoms with van der Waals surface area (Å²) in [6.07, 6.45) is 5.31. The second-order valence-corrected chi connectivity index (χ2v) is 8.70. The van der Waals surface area contributed by atoms with E-state index in [9.17, 15) is 9.18 Å². The fourth-order valence-electron chi connectivity index (χ4n) is 5.06. The highest BCUT2D eigenvalue weighted by Crippen LogP contribution is 2.43. The van der Waals surface area contributed by atoms with Crippen LogP contribution in [0.4, 0.5) is 10.1 Å². The van der Waals surface area contributed by atoms with Crippen molar-refractivity contribution >= 4 is 11.6 Å². The van der Waals surface area contributed by atoms with Crippen molar-refractivity contribution in [2.45, 2.75) is 70.6 Å². The number of carbonyl (C=O) groups excluding carboxylic acids is 1. The Morgan fingerprint density at radius 2 is 2.11 bits per heavy atom. The van der Waals surface area contributed by atoms with Gasteiger partial charge in [0, 0.05) is 36.9 Å². The van der Waals surface area contributed by atoms with Gasteiger partial charge in [-0.05, 0) is 64.3 Å². The molecule has 5 nitrogen and oxygen atoms in total. The van der Waals surface area contributed by atoms with Crippen molar-refractivity contribution in [3.05, 3.63) is 48.0 Å². The third kappa shape index (κ3) is 3.52. The summed E-state index contributed by atoms with van der Waals surface area (Å²) in [4.78, 5) is 17.5. The fraction of sp³-hybridized carbons (Fsp3) is 0.545. The number of aromatic nitrogens is 2. The lowest BCUT2D eigenvalue weighted by molar-refractivity contribution is -0.135. The molecule has 0 spiro atoms. The van der Waals surface area contributed by atoms with Gasteiger partial charge in [0.25, 0.3) is 0 Å². The molecule has 6 heteroatoms. The van der Waals surface area contributed by atoms with Gasteiger partial charge in [-0.25, -0.2) is 4.39 Å². The first-order valence-corrected chi connectivity index (χ1v) is 10.2. The SMILES string of the molecule is Cc1ccn(CCC(=O)N2CCC[C@H]3[C@@H]2CC(C)(C)N3c2cccc(F)c2)n1. The summed E-state index contributed by atoms with van der Waals surface area (Å²) < 4.78 is 15.7. The Balaban J connectivity index is 1.52. The molecule has 2 aliphatic heterocycles. The Kier molecular flexibility index (Phi) is 4.89. The summed E-state index contributed by atoms with van der Waals surface area (Å²) in [6.45, 7) is 7.77. The van der Waals surface area contributed by atoms with E-state index in [2.05, 4.69) is 28.7 Å². The summed E-state index contributed by atoms with van der Waals surface area (Å²) in [5, 5.41) is 4.38. The smallest absolute Gasteiger partial charge is 0.224 e. The number of rotatable bonds is 4. The molecule has 2 saturated heterocycles. The van der Waals surface area contributed by atoms with Crippen LogP contribution in [0.15, 0.2) is 36.5 Å². The lowest BCUT2D eigenvalue weighted by Gasteiger charge is -2.42. The molecule has 2 atom stereocenters. The van der Waals surface area contributed by atoms with Crippen LogP contribution in [0.2, 0.25) is 0 Å². The summed E-state index contributed by atoms with van der Waals surface area (Å²) in [5.74, 6) is -0.0187. The van der Waals surface area contributed by atoms with Crippen LogP contribution < -0.4 is 4.90 Å². The van der Waals surface area contributed by atoms with Crippen LogP contribution >= 0.6 is 0 Å². The maximum atomic E-state index is 13.9. The number of hydrogen-bond donors (Lipinski definition) is 0. The molecule has 4 rings (SSSR count). The minimum Gasteiger partial charge on any atom is -0.361 e. The predicted molar refractivity (Wildman–Crippen MR) is 108 cm³/mol. The molecule has 28 heavy (non-hydrogen) atoms. The number of hydrogen-bond acceptors (Lipinski definition) is 3. The average molecular weight is 384 g/mol. The first kappa shape index (κ1) is 19.0. The van der Waals surface area contributed by atoms with Gasteiger partial charge < -0.3 is 9.80 Å². The molecule has 0 radical (unpaired) electrons. The van der Waals surface area contributed by atoms with Crippen molar-refractivity contribution in [3.63, 3.8) is 0 Å². The van der Waals surface area contributed by atoms with E-state index in [1.807, 2.05) is 29.9 Å². The van der Waals surface area contributed by atoms with Crippen LogP contribution in [0, 0.1) is 12.7 Å². The zero-order valence-electron chi connectivity index (χ0n) is 16.9. The Morgan fingerprint density at radius 1 is 1.29 bits per heavy atom. The van der Waals surface area contributed by atoms with Crippen molar-refractivity contribution in [1.82, 2.24) is 14.7 Å². The minimum absolute atomic E-state index is 0.120. The molecular weight excluding hydrogens is 355 g/mol. The average Bonchev–Trinajstić information content (AvgIpc) is 3.18. The van der Waals surface area contributed by atoms with Crippen molar-refractivity contribution < 1.29 is 9.18 Å². The molecule has 150 valence electrons. The quantitative estimate of drug-likeness (QED) is 0.806. The number of likely N-dealkylation sites (tertiary alicyclic amines) is 1. The maximum Gasteiger partial charge on any atom is 0.224 e. The molecule has 2 aromatic rings. The summed E-state index contributed by atoms with van der Waals surface area (Å²) in [7, 11) is 0. The molecule has 2 aliphatic rings. The number of amides is 1. The number of aryl methyl sites for hydroxylation is 2. The molecule has 0 N–H and O–H groups in total. The second-order valence-electron chi connectivity index (χ2n) is 8.70. The Hall–Kier alpha value is -2.37. The monoisotopic (exact) mass is 384 g/mol.